The average molecular weight is 384 g/mol. The lowest BCUT2D eigenvalue weighted by atomic mass is 9.68. The van der Waals surface area contributed by atoms with Gasteiger partial charge in [-0.15, -0.1) is 0 Å². The van der Waals surface area contributed by atoms with Crippen LogP contribution < -0.4 is 10.1 Å². The van der Waals surface area contributed by atoms with Gasteiger partial charge in [0.15, 0.2) is 11.3 Å². The number of amides is 1. The fraction of sp³-hybridized carbons (Fsp3) is 0.368. The average Bonchev–Trinajstić information content (AvgIpc) is 3.24. The van der Waals surface area contributed by atoms with Crippen LogP contribution in [0.15, 0.2) is 36.9 Å². The van der Waals surface area contributed by atoms with E-state index in [-0.39, 0.29) is 23.2 Å². The van der Waals surface area contributed by atoms with E-state index in [1.165, 1.54) is 4.52 Å². The minimum atomic E-state index is -0.570. The monoisotopic (exact) mass is 384 g/mol. The first-order valence-corrected chi connectivity index (χ1v) is 8.92. The third-order valence-corrected chi connectivity index (χ3v) is 5.13. The van der Waals surface area contributed by atoms with Crippen molar-refractivity contribution in [2.24, 2.45) is 13.0 Å². The van der Waals surface area contributed by atoms with E-state index in [9.17, 15) is 9.18 Å². The Kier molecular flexibility index (Phi) is 4.17. The number of aromatic nitrogens is 5. The highest BCUT2D eigenvalue weighted by Crippen LogP contribution is 2.45. The predicted molar refractivity (Wildman–Crippen MR) is 100 cm³/mol. The maximum atomic E-state index is 14.3. The molecule has 1 saturated carbocycles. The molecule has 0 aromatic carbocycles. The van der Waals surface area contributed by atoms with Gasteiger partial charge in [0.2, 0.25) is 11.8 Å². The van der Waals surface area contributed by atoms with Crippen molar-refractivity contribution in [3.8, 4) is 17.1 Å². The highest BCUT2D eigenvalue weighted by atomic mass is 19.1. The van der Waals surface area contributed by atoms with Gasteiger partial charge in [-0.2, -0.15) is 10.2 Å². The molecule has 146 valence electrons. The molecule has 0 aliphatic heterocycles. The molecule has 9 heteroatoms. The first-order chi connectivity index (χ1) is 13.3. The third-order valence-electron chi connectivity index (χ3n) is 5.13. The van der Waals surface area contributed by atoms with Crippen LogP contribution in [-0.2, 0) is 11.8 Å². The Morgan fingerprint density at radius 2 is 2.11 bits per heavy atom. The molecule has 1 fully saturated rings. The van der Waals surface area contributed by atoms with Crippen LogP contribution in [0.1, 0.15) is 19.8 Å². The molecule has 3 aromatic rings. The highest BCUT2D eigenvalue weighted by molar-refractivity contribution is 5.93. The smallest absolute Gasteiger partial charge is 0.246 e. The van der Waals surface area contributed by atoms with Gasteiger partial charge < -0.3 is 10.1 Å². The van der Waals surface area contributed by atoms with Gasteiger partial charge in [0.25, 0.3) is 0 Å². The van der Waals surface area contributed by atoms with Crippen molar-refractivity contribution < 1.29 is 13.9 Å². The van der Waals surface area contributed by atoms with E-state index >= 15 is 0 Å². The summed E-state index contributed by atoms with van der Waals surface area (Å²) in [7, 11) is 3.39. The Morgan fingerprint density at radius 1 is 1.36 bits per heavy atom. The zero-order chi connectivity index (χ0) is 20.1. The maximum Gasteiger partial charge on any atom is 0.246 e. The molecule has 0 unspecified atom stereocenters. The summed E-state index contributed by atoms with van der Waals surface area (Å²) in [4.78, 5) is 16.3. The minimum Gasteiger partial charge on any atom is -0.470 e. The normalized spacial score (nSPS) is 21.4. The van der Waals surface area contributed by atoms with Crippen molar-refractivity contribution in [2.75, 3.05) is 7.05 Å². The molecule has 0 bridgehead atoms. The molecule has 0 radical (unpaired) electrons. The summed E-state index contributed by atoms with van der Waals surface area (Å²) in [6.07, 6.45) is 7.45. The molecule has 28 heavy (non-hydrogen) atoms. The number of nitrogens with one attached hydrogen (secondary N) is 1. The number of aryl methyl sites for hydroxylation is 1. The van der Waals surface area contributed by atoms with E-state index in [0.29, 0.717) is 24.1 Å². The summed E-state index contributed by atoms with van der Waals surface area (Å²) in [5.74, 6) is -0.484. The molecule has 8 nitrogen and oxygen atoms in total. The molecule has 1 aliphatic rings. The van der Waals surface area contributed by atoms with Gasteiger partial charge in [-0.1, -0.05) is 6.58 Å². The van der Waals surface area contributed by atoms with Crippen LogP contribution in [0.5, 0.6) is 5.88 Å². The molecule has 0 spiro atoms. The van der Waals surface area contributed by atoms with E-state index in [1.54, 1.807) is 24.1 Å². The van der Waals surface area contributed by atoms with Crippen LogP contribution in [-0.4, -0.2) is 42.9 Å². The van der Waals surface area contributed by atoms with Gasteiger partial charge in [0.1, 0.15) is 5.60 Å². The predicted octanol–water partition coefficient (Wildman–Crippen LogP) is 2.12. The van der Waals surface area contributed by atoms with Gasteiger partial charge in [-0.25, -0.2) is 13.9 Å². The van der Waals surface area contributed by atoms with E-state index in [1.807, 2.05) is 20.2 Å². The maximum absolute atomic E-state index is 14.3. The van der Waals surface area contributed by atoms with Crippen LogP contribution in [0.2, 0.25) is 0 Å². The summed E-state index contributed by atoms with van der Waals surface area (Å²) in [6, 6.07) is 0. The molecule has 0 saturated heterocycles. The van der Waals surface area contributed by atoms with Crippen molar-refractivity contribution >= 4 is 11.4 Å². The van der Waals surface area contributed by atoms with Crippen molar-refractivity contribution in [3.63, 3.8) is 0 Å². The summed E-state index contributed by atoms with van der Waals surface area (Å²) >= 11 is 0. The number of rotatable bonds is 5. The number of carbonyl (C=O) groups is 1. The fourth-order valence-corrected chi connectivity index (χ4v) is 3.60. The molecule has 1 aliphatic carbocycles. The van der Waals surface area contributed by atoms with Crippen LogP contribution in [0.4, 0.5) is 4.39 Å². The molecule has 3 heterocycles. The van der Waals surface area contributed by atoms with E-state index in [4.69, 9.17) is 4.74 Å². The lowest BCUT2D eigenvalue weighted by molar-refractivity contribution is -0.118. The van der Waals surface area contributed by atoms with Gasteiger partial charge in [-0.05, 0) is 25.7 Å². The summed E-state index contributed by atoms with van der Waals surface area (Å²) in [6.45, 7) is 5.79. The molecule has 4 rings (SSSR count). The summed E-state index contributed by atoms with van der Waals surface area (Å²) in [5, 5.41) is 10.8. The summed E-state index contributed by atoms with van der Waals surface area (Å²) in [5.41, 5.74) is 1.49. The quantitative estimate of drug-likeness (QED) is 0.681. The van der Waals surface area contributed by atoms with Crippen molar-refractivity contribution in [2.45, 2.75) is 25.4 Å². The first kappa shape index (κ1) is 18.1. The third kappa shape index (κ3) is 3.02. The number of ether oxygens (including phenoxy) is 1. The number of carbonyl (C=O) groups excluding carboxylic acids is 1. The Labute approximate surface area is 161 Å². The second-order valence-corrected chi connectivity index (χ2v) is 7.38. The van der Waals surface area contributed by atoms with Gasteiger partial charge in [0.05, 0.1) is 24.3 Å². The van der Waals surface area contributed by atoms with E-state index in [2.05, 4.69) is 27.1 Å². The van der Waals surface area contributed by atoms with E-state index in [0.717, 1.165) is 11.8 Å². The molecule has 1 N–H and O–H groups in total. The Balaban J connectivity index is 1.64. The van der Waals surface area contributed by atoms with Gasteiger partial charge in [-0.3, -0.25) is 9.48 Å². The Morgan fingerprint density at radius 3 is 2.75 bits per heavy atom. The fourth-order valence-electron chi connectivity index (χ4n) is 3.60. The Hall–Kier alpha value is -3.23. The van der Waals surface area contributed by atoms with Crippen molar-refractivity contribution in [3.05, 3.63) is 42.8 Å². The number of likely N-dealkylation sites (N-methyl/N-ethyl adjacent to an activating group) is 1. The number of halogens is 1. The lowest BCUT2D eigenvalue weighted by Gasteiger charge is -2.45. The number of hydrogen-bond acceptors (Lipinski definition) is 5. The molecule has 3 aromatic heterocycles. The van der Waals surface area contributed by atoms with Crippen LogP contribution in [0.25, 0.3) is 16.8 Å². The van der Waals surface area contributed by atoms with Crippen LogP contribution in [0, 0.1) is 11.7 Å². The molecule has 1 amide bonds. The Bertz CT molecular complexity index is 1080. The molecular formula is C19H21FN6O2. The number of nitrogens with zero attached hydrogens (tertiary/aromatic N) is 5. The minimum absolute atomic E-state index is 0.0252. The number of hydrogen-bond donors (Lipinski definition) is 1. The van der Waals surface area contributed by atoms with Crippen molar-refractivity contribution in [1.29, 1.82) is 0 Å². The van der Waals surface area contributed by atoms with Gasteiger partial charge >= 0.3 is 0 Å². The SMILES string of the molecule is C=C(C(=O)NC)C1CC(C)(Oc2nc(-c3cnn(C)c3)cn3ncc(F)c23)C1. The standard InChI is InChI=1S/C19H21FN6O2/c1-11(17(27)21-3)12-5-19(2,6-12)28-18-16-14(20)8-23-26(16)10-15(24-18)13-7-22-25(4)9-13/h7-10,12H,1,5-6H2,2-4H3,(H,21,27). The molecule has 0 atom stereocenters. The largest absolute Gasteiger partial charge is 0.470 e. The van der Waals surface area contributed by atoms with Crippen LogP contribution in [0.3, 0.4) is 0 Å². The lowest BCUT2D eigenvalue weighted by Crippen LogP contribution is -2.48. The van der Waals surface area contributed by atoms with Crippen LogP contribution >= 0.6 is 0 Å². The first-order valence-electron chi connectivity index (χ1n) is 8.92. The highest BCUT2D eigenvalue weighted by Gasteiger charge is 2.45. The summed E-state index contributed by atoms with van der Waals surface area (Å²) < 4.78 is 23.5. The second-order valence-electron chi connectivity index (χ2n) is 7.38. The van der Waals surface area contributed by atoms with E-state index < -0.39 is 11.4 Å². The molecular weight excluding hydrogens is 363 g/mol. The second kappa shape index (κ2) is 6.43. The number of fused-ring (bicyclic) bond motifs is 1. The topological polar surface area (TPSA) is 86.3 Å². The van der Waals surface area contributed by atoms with Crippen molar-refractivity contribution in [1.82, 2.24) is 29.7 Å². The zero-order valence-corrected chi connectivity index (χ0v) is 15.9. The van der Waals surface area contributed by atoms with Gasteiger partial charge in [0, 0.05) is 31.4 Å². The zero-order valence-electron chi connectivity index (χ0n) is 15.9.